The Morgan fingerprint density at radius 3 is 2.31 bits per heavy atom. The first-order valence-electron chi connectivity index (χ1n) is 8.97. The SMILES string of the molecule is O=C(NCCSCc1ccccc1)c1ccc(S(=O)(=O)Nc2ccncc2)cc1. The minimum Gasteiger partial charge on any atom is -0.351 e. The second-order valence-electron chi connectivity index (χ2n) is 6.16. The highest BCUT2D eigenvalue weighted by molar-refractivity contribution is 7.98. The van der Waals surface area contributed by atoms with Crippen LogP contribution in [0.25, 0.3) is 0 Å². The lowest BCUT2D eigenvalue weighted by molar-refractivity contribution is 0.0956. The number of thioether (sulfide) groups is 1. The van der Waals surface area contributed by atoms with Gasteiger partial charge in [0.1, 0.15) is 0 Å². The van der Waals surface area contributed by atoms with E-state index in [1.165, 1.54) is 42.2 Å². The van der Waals surface area contributed by atoms with Crippen LogP contribution in [0.4, 0.5) is 5.69 Å². The molecule has 6 nitrogen and oxygen atoms in total. The van der Waals surface area contributed by atoms with Crippen LogP contribution in [0.5, 0.6) is 0 Å². The second-order valence-corrected chi connectivity index (χ2v) is 8.95. The predicted octanol–water partition coefficient (Wildman–Crippen LogP) is 3.55. The van der Waals surface area contributed by atoms with Crippen LogP contribution in [0.1, 0.15) is 15.9 Å². The number of nitrogens with one attached hydrogen (secondary N) is 2. The summed E-state index contributed by atoms with van der Waals surface area (Å²) in [6.45, 7) is 0.542. The molecule has 0 atom stereocenters. The van der Waals surface area contributed by atoms with Crippen molar-refractivity contribution in [3.8, 4) is 0 Å². The molecular formula is C21H21N3O3S2. The molecule has 0 saturated heterocycles. The minimum absolute atomic E-state index is 0.0873. The molecule has 3 rings (SSSR count). The van der Waals surface area contributed by atoms with Gasteiger partial charge in [-0.05, 0) is 42.0 Å². The van der Waals surface area contributed by atoms with Gasteiger partial charge in [-0.2, -0.15) is 11.8 Å². The summed E-state index contributed by atoms with van der Waals surface area (Å²) in [6, 6.07) is 19.1. The molecule has 3 aromatic rings. The zero-order chi connectivity index (χ0) is 20.5. The second kappa shape index (κ2) is 10.1. The number of aromatic nitrogens is 1. The van der Waals surface area contributed by atoms with E-state index in [1.54, 1.807) is 23.9 Å². The zero-order valence-electron chi connectivity index (χ0n) is 15.6. The fraction of sp³-hybridized carbons (Fsp3) is 0.143. The van der Waals surface area contributed by atoms with Crippen molar-refractivity contribution in [1.82, 2.24) is 10.3 Å². The average Bonchev–Trinajstić information content (AvgIpc) is 2.74. The first-order valence-corrected chi connectivity index (χ1v) is 11.6. The Hall–Kier alpha value is -2.84. The number of anilines is 1. The van der Waals surface area contributed by atoms with Crippen molar-refractivity contribution in [1.29, 1.82) is 0 Å². The summed E-state index contributed by atoms with van der Waals surface area (Å²) in [4.78, 5) is 16.2. The van der Waals surface area contributed by atoms with Gasteiger partial charge in [-0.3, -0.25) is 14.5 Å². The fourth-order valence-electron chi connectivity index (χ4n) is 2.52. The van der Waals surface area contributed by atoms with Gasteiger partial charge in [-0.15, -0.1) is 0 Å². The number of benzene rings is 2. The Morgan fingerprint density at radius 1 is 0.931 bits per heavy atom. The van der Waals surface area contributed by atoms with Crippen molar-refractivity contribution in [2.45, 2.75) is 10.6 Å². The standard InChI is InChI=1S/C21H21N3O3S2/c25-21(23-14-15-28-16-17-4-2-1-3-5-17)18-6-8-20(9-7-18)29(26,27)24-19-10-12-22-13-11-19/h1-13H,14-16H2,(H,22,24)(H,23,25). The lowest BCUT2D eigenvalue weighted by Gasteiger charge is -2.09. The van der Waals surface area contributed by atoms with Gasteiger partial charge in [-0.1, -0.05) is 30.3 Å². The van der Waals surface area contributed by atoms with E-state index in [2.05, 4.69) is 27.2 Å². The number of carbonyl (C=O) groups is 1. The molecule has 0 aliphatic carbocycles. The number of rotatable bonds is 9. The fourth-order valence-corrected chi connectivity index (χ4v) is 4.40. The van der Waals surface area contributed by atoms with E-state index in [0.29, 0.717) is 17.8 Å². The first-order chi connectivity index (χ1) is 14.0. The number of nitrogens with zero attached hydrogens (tertiary/aromatic N) is 1. The summed E-state index contributed by atoms with van der Waals surface area (Å²) in [5.74, 6) is 1.47. The summed E-state index contributed by atoms with van der Waals surface area (Å²) in [6.07, 6.45) is 3.01. The maximum Gasteiger partial charge on any atom is 0.261 e. The van der Waals surface area contributed by atoms with Gasteiger partial charge in [0.05, 0.1) is 10.6 Å². The van der Waals surface area contributed by atoms with Gasteiger partial charge in [0.15, 0.2) is 0 Å². The van der Waals surface area contributed by atoms with Crippen LogP contribution in [0, 0.1) is 0 Å². The molecule has 8 heteroatoms. The van der Waals surface area contributed by atoms with Crippen LogP contribution < -0.4 is 10.0 Å². The van der Waals surface area contributed by atoms with Crippen molar-refractivity contribution < 1.29 is 13.2 Å². The van der Waals surface area contributed by atoms with E-state index in [4.69, 9.17) is 0 Å². The Morgan fingerprint density at radius 2 is 1.62 bits per heavy atom. The number of amides is 1. The van der Waals surface area contributed by atoms with E-state index < -0.39 is 10.0 Å². The third-order valence-corrected chi connectivity index (χ3v) is 6.43. The molecule has 1 amide bonds. The van der Waals surface area contributed by atoms with Crippen LogP contribution in [0.2, 0.25) is 0 Å². The Labute approximate surface area is 174 Å². The van der Waals surface area contributed by atoms with Crippen LogP contribution in [-0.2, 0) is 15.8 Å². The van der Waals surface area contributed by atoms with Crippen LogP contribution in [-0.4, -0.2) is 31.6 Å². The highest BCUT2D eigenvalue weighted by Crippen LogP contribution is 2.16. The van der Waals surface area contributed by atoms with Crippen LogP contribution in [0.15, 0.2) is 84.0 Å². The van der Waals surface area contributed by atoms with E-state index in [0.717, 1.165) is 11.5 Å². The lowest BCUT2D eigenvalue weighted by Crippen LogP contribution is -2.25. The van der Waals surface area contributed by atoms with Crippen molar-refractivity contribution in [2.24, 2.45) is 0 Å². The number of sulfonamides is 1. The Balaban J connectivity index is 1.48. The average molecular weight is 428 g/mol. The molecular weight excluding hydrogens is 406 g/mol. The first kappa shape index (κ1) is 20.9. The molecule has 0 unspecified atom stereocenters. The van der Waals surface area contributed by atoms with Gasteiger partial charge in [0, 0.05) is 36.0 Å². The summed E-state index contributed by atoms with van der Waals surface area (Å²) >= 11 is 1.74. The predicted molar refractivity (Wildman–Crippen MR) is 116 cm³/mol. The third-order valence-electron chi connectivity index (χ3n) is 4.00. The molecule has 2 aromatic carbocycles. The molecule has 0 bridgehead atoms. The maximum atomic E-state index is 12.4. The van der Waals surface area contributed by atoms with Crippen molar-refractivity contribution in [3.05, 3.63) is 90.3 Å². The molecule has 1 heterocycles. The normalized spacial score (nSPS) is 11.0. The number of hydrogen-bond donors (Lipinski definition) is 2. The van der Waals surface area contributed by atoms with E-state index >= 15 is 0 Å². The molecule has 29 heavy (non-hydrogen) atoms. The number of hydrogen-bond acceptors (Lipinski definition) is 5. The molecule has 1 aromatic heterocycles. The third kappa shape index (κ3) is 6.33. The molecule has 0 aliphatic rings. The van der Waals surface area contributed by atoms with Crippen LogP contribution in [0.3, 0.4) is 0 Å². The molecule has 150 valence electrons. The number of carbonyl (C=O) groups excluding carboxylic acids is 1. The molecule has 2 N–H and O–H groups in total. The van der Waals surface area contributed by atoms with Crippen LogP contribution >= 0.6 is 11.8 Å². The van der Waals surface area contributed by atoms with E-state index in [-0.39, 0.29) is 10.8 Å². The van der Waals surface area contributed by atoms with Gasteiger partial charge in [0.2, 0.25) is 0 Å². The topological polar surface area (TPSA) is 88.2 Å². The Bertz CT molecular complexity index is 1030. The molecule has 0 spiro atoms. The summed E-state index contributed by atoms with van der Waals surface area (Å²) in [7, 11) is -3.72. The Kier molecular flexibility index (Phi) is 7.26. The number of pyridine rings is 1. The van der Waals surface area contributed by atoms with Crippen molar-refractivity contribution >= 4 is 33.4 Å². The quantitative estimate of drug-likeness (QED) is 0.510. The highest BCUT2D eigenvalue weighted by atomic mass is 32.2. The summed E-state index contributed by atoms with van der Waals surface area (Å²) in [5.41, 5.74) is 2.09. The monoisotopic (exact) mass is 427 g/mol. The van der Waals surface area contributed by atoms with Gasteiger partial charge in [0.25, 0.3) is 15.9 Å². The molecule has 0 radical (unpaired) electrons. The zero-order valence-corrected chi connectivity index (χ0v) is 17.2. The van der Waals surface area contributed by atoms with Crippen molar-refractivity contribution in [3.63, 3.8) is 0 Å². The smallest absolute Gasteiger partial charge is 0.261 e. The summed E-state index contributed by atoms with van der Waals surface area (Å²) in [5, 5.41) is 2.85. The maximum absolute atomic E-state index is 12.4. The summed E-state index contributed by atoms with van der Waals surface area (Å²) < 4.78 is 27.3. The minimum atomic E-state index is -3.72. The van der Waals surface area contributed by atoms with Gasteiger partial charge >= 0.3 is 0 Å². The molecule has 0 fully saturated rings. The van der Waals surface area contributed by atoms with Crippen molar-refractivity contribution in [2.75, 3.05) is 17.0 Å². The lowest BCUT2D eigenvalue weighted by atomic mass is 10.2. The largest absolute Gasteiger partial charge is 0.351 e. The molecule has 0 saturated carbocycles. The van der Waals surface area contributed by atoms with Gasteiger partial charge < -0.3 is 5.32 Å². The van der Waals surface area contributed by atoms with E-state index in [9.17, 15) is 13.2 Å². The molecule has 0 aliphatic heterocycles. The van der Waals surface area contributed by atoms with Gasteiger partial charge in [-0.25, -0.2) is 8.42 Å². The van der Waals surface area contributed by atoms with E-state index in [1.807, 2.05) is 18.2 Å². The highest BCUT2D eigenvalue weighted by Gasteiger charge is 2.15.